The van der Waals surface area contributed by atoms with Gasteiger partial charge in [-0.25, -0.2) is 0 Å². The van der Waals surface area contributed by atoms with Crippen LogP contribution in [0.5, 0.6) is 0 Å². The normalized spacial score (nSPS) is 22.6. The summed E-state index contributed by atoms with van der Waals surface area (Å²) in [7, 11) is 0. The van der Waals surface area contributed by atoms with Crippen molar-refractivity contribution in [3.63, 3.8) is 0 Å². The van der Waals surface area contributed by atoms with Crippen molar-refractivity contribution in [3.8, 4) is 0 Å². The lowest BCUT2D eigenvalue weighted by atomic mass is 9.82. The maximum atomic E-state index is 12.5. The highest BCUT2D eigenvalue weighted by atomic mass is 16.6. The maximum absolute atomic E-state index is 12.5. The number of pyridine rings is 1. The molecule has 2 atom stereocenters. The second kappa shape index (κ2) is 6.10. The molecule has 1 fully saturated rings. The van der Waals surface area contributed by atoms with E-state index in [1.54, 1.807) is 52.1 Å². The average molecular weight is 318 g/mol. The van der Waals surface area contributed by atoms with Crippen molar-refractivity contribution in [3.05, 3.63) is 30.1 Å². The van der Waals surface area contributed by atoms with Gasteiger partial charge in [0.05, 0.1) is 18.0 Å². The van der Waals surface area contributed by atoms with E-state index in [-0.39, 0.29) is 24.5 Å². The van der Waals surface area contributed by atoms with E-state index in [1.807, 2.05) is 0 Å². The third-order valence-electron chi connectivity index (χ3n) is 3.67. The van der Waals surface area contributed by atoms with Gasteiger partial charge in [-0.05, 0) is 39.3 Å². The van der Waals surface area contributed by atoms with Crippen LogP contribution in [0.2, 0.25) is 0 Å². The minimum absolute atomic E-state index is 0.128. The molecule has 6 nitrogen and oxygen atoms in total. The van der Waals surface area contributed by atoms with Crippen molar-refractivity contribution in [2.45, 2.75) is 51.7 Å². The van der Waals surface area contributed by atoms with Gasteiger partial charge in [0, 0.05) is 6.20 Å². The minimum atomic E-state index is -1.26. The van der Waals surface area contributed by atoms with Gasteiger partial charge in [-0.3, -0.25) is 19.4 Å². The molecule has 1 saturated heterocycles. The number of ketones is 1. The third kappa shape index (κ3) is 3.75. The molecule has 6 heteroatoms. The molecule has 1 aromatic heterocycles. The molecule has 0 saturated carbocycles. The molecule has 1 aliphatic rings. The smallest absolute Gasteiger partial charge is 0.309 e. The van der Waals surface area contributed by atoms with Crippen LogP contribution in [-0.4, -0.2) is 28.2 Å². The Bertz CT molecular complexity index is 621. The monoisotopic (exact) mass is 318 g/mol. The Morgan fingerprint density at radius 3 is 2.57 bits per heavy atom. The number of carbonyl (C=O) groups is 3. The molecular formula is C17H22N2O4. The first-order valence-corrected chi connectivity index (χ1v) is 7.63. The number of amides is 1. The number of hydrogen-bond acceptors (Lipinski definition) is 5. The van der Waals surface area contributed by atoms with Gasteiger partial charge in [-0.1, -0.05) is 13.0 Å². The fourth-order valence-corrected chi connectivity index (χ4v) is 2.69. The van der Waals surface area contributed by atoms with E-state index in [0.29, 0.717) is 5.69 Å². The zero-order chi connectivity index (χ0) is 17.3. The van der Waals surface area contributed by atoms with Crippen molar-refractivity contribution < 1.29 is 19.1 Å². The quantitative estimate of drug-likeness (QED) is 0.675. The molecule has 2 rings (SSSR count). The fourth-order valence-electron chi connectivity index (χ4n) is 2.69. The van der Waals surface area contributed by atoms with E-state index in [1.165, 1.54) is 0 Å². The van der Waals surface area contributed by atoms with Crippen molar-refractivity contribution in [1.29, 1.82) is 0 Å². The number of aromatic nitrogens is 1. The van der Waals surface area contributed by atoms with Gasteiger partial charge in [-0.2, -0.15) is 0 Å². The van der Waals surface area contributed by atoms with Crippen molar-refractivity contribution >= 4 is 17.7 Å². The number of ether oxygens (including phenoxy) is 1. The van der Waals surface area contributed by atoms with Crippen LogP contribution in [-0.2, 0) is 24.7 Å². The van der Waals surface area contributed by atoms with E-state index in [4.69, 9.17) is 4.74 Å². The van der Waals surface area contributed by atoms with Gasteiger partial charge in [0.1, 0.15) is 11.1 Å². The number of Topliss-reactive ketones (excluding diaryl/α,β-unsaturated/α-hetero) is 1. The molecule has 0 aliphatic carbocycles. The van der Waals surface area contributed by atoms with Gasteiger partial charge in [0.15, 0.2) is 5.78 Å². The van der Waals surface area contributed by atoms with Crippen LogP contribution in [0.4, 0.5) is 0 Å². The largest absolute Gasteiger partial charge is 0.460 e. The SMILES string of the molecule is CC(CC1(c2ccccn2)NC(=O)CC1=O)C(=O)OC(C)(C)C. The number of rotatable bonds is 4. The zero-order valence-electron chi connectivity index (χ0n) is 13.9. The highest BCUT2D eigenvalue weighted by molar-refractivity contribution is 6.10. The predicted molar refractivity (Wildman–Crippen MR) is 83.3 cm³/mol. The van der Waals surface area contributed by atoms with E-state index in [0.717, 1.165) is 0 Å². The van der Waals surface area contributed by atoms with E-state index >= 15 is 0 Å². The number of esters is 1. The van der Waals surface area contributed by atoms with Gasteiger partial charge < -0.3 is 10.1 Å². The van der Waals surface area contributed by atoms with Crippen molar-refractivity contribution in [1.82, 2.24) is 10.3 Å². The lowest BCUT2D eigenvalue weighted by Crippen LogP contribution is -2.46. The Hall–Kier alpha value is -2.24. The summed E-state index contributed by atoms with van der Waals surface area (Å²) in [6.45, 7) is 7.05. The lowest BCUT2D eigenvalue weighted by molar-refractivity contribution is -0.160. The number of hydrogen-bond donors (Lipinski definition) is 1. The summed E-state index contributed by atoms with van der Waals surface area (Å²) in [6.07, 6.45) is 1.49. The highest BCUT2D eigenvalue weighted by Gasteiger charge is 2.50. The van der Waals surface area contributed by atoms with Crippen molar-refractivity contribution in [2.24, 2.45) is 5.92 Å². The summed E-state index contributed by atoms with van der Waals surface area (Å²) in [4.78, 5) is 40.7. The Morgan fingerprint density at radius 1 is 1.39 bits per heavy atom. The molecule has 1 aromatic rings. The van der Waals surface area contributed by atoms with Crippen LogP contribution < -0.4 is 5.32 Å². The zero-order valence-corrected chi connectivity index (χ0v) is 13.9. The molecule has 2 heterocycles. The number of nitrogens with zero attached hydrogens (tertiary/aromatic N) is 1. The van der Waals surface area contributed by atoms with Crippen molar-refractivity contribution in [2.75, 3.05) is 0 Å². The standard InChI is InChI=1S/C17H22N2O4/c1-11(15(22)23-16(2,3)4)10-17(12-7-5-6-8-18-12)13(20)9-14(21)19-17/h5-8,11H,9-10H2,1-4H3,(H,19,21). The molecule has 1 N–H and O–H groups in total. The minimum Gasteiger partial charge on any atom is -0.460 e. The molecule has 1 amide bonds. The molecule has 23 heavy (non-hydrogen) atoms. The van der Waals surface area contributed by atoms with Crippen LogP contribution in [0.25, 0.3) is 0 Å². The predicted octanol–water partition coefficient (Wildman–Crippen LogP) is 1.73. The number of carbonyl (C=O) groups excluding carboxylic acids is 3. The first-order valence-electron chi connectivity index (χ1n) is 7.63. The highest BCUT2D eigenvalue weighted by Crippen LogP contribution is 2.34. The molecule has 2 unspecified atom stereocenters. The first-order chi connectivity index (χ1) is 10.6. The summed E-state index contributed by atoms with van der Waals surface area (Å²) in [5.74, 6) is -1.58. The topological polar surface area (TPSA) is 85.4 Å². The number of nitrogens with one attached hydrogen (secondary N) is 1. The van der Waals surface area contributed by atoms with Gasteiger partial charge >= 0.3 is 5.97 Å². The van der Waals surface area contributed by atoms with Crippen LogP contribution in [0.15, 0.2) is 24.4 Å². The van der Waals surface area contributed by atoms with Crippen LogP contribution in [0.1, 0.15) is 46.2 Å². The maximum Gasteiger partial charge on any atom is 0.309 e. The Kier molecular flexibility index (Phi) is 4.54. The van der Waals surface area contributed by atoms with E-state index in [9.17, 15) is 14.4 Å². The van der Waals surface area contributed by atoms with Crippen LogP contribution in [0, 0.1) is 5.92 Å². The van der Waals surface area contributed by atoms with Gasteiger partial charge in [-0.15, -0.1) is 0 Å². The summed E-state index contributed by atoms with van der Waals surface area (Å²) in [6, 6.07) is 5.17. The molecule has 0 aromatic carbocycles. The molecule has 1 aliphatic heterocycles. The Morgan fingerprint density at radius 2 is 2.09 bits per heavy atom. The third-order valence-corrected chi connectivity index (χ3v) is 3.67. The summed E-state index contributed by atoms with van der Waals surface area (Å²) < 4.78 is 5.37. The molecule has 0 bridgehead atoms. The molecule has 0 radical (unpaired) electrons. The van der Waals surface area contributed by atoms with Crippen LogP contribution in [0.3, 0.4) is 0 Å². The Balaban J connectivity index is 2.28. The van der Waals surface area contributed by atoms with Gasteiger partial charge in [0.25, 0.3) is 0 Å². The molecule has 124 valence electrons. The first kappa shape index (κ1) is 17.1. The average Bonchev–Trinajstić information content (AvgIpc) is 2.73. The second-order valence-electron chi connectivity index (χ2n) is 6.91. The summed E-state index contributed by atoms with van der Waals surface area (Å²) in [5.41, 5.74) is -1.41. The lowest BCUT2D eigenvalue weighted by Gasteiger charge is -2.30. The summed E-state index contributed by atoms with van der Waals surface area (Å²) >= 11 is 0. The van der Waals surface area contributed by atoms with E-state index < -0.39 is 23.0 Å². The molecule has 0 spiro atoms. The summed E-state index contributed by atoms with van der Waals surface area (Å²) in [5, 5.41) is 2.72. The Labute approximate surface area is 135 Å². The van der Waals surface area contributed by atoms with E-state index in [2.05, 4.69) is 10.3 Å². The van der Waals surface area contributed by atoms with Crippen LogP contribution >= 0.6 is 0 Å². The van der Waals surface area contributed by atoms with Gasteiger partial charge in [0.2, 0.25) is 5.91 Å². The second-order valence-corrected chi connectivity index (χ2v) is 6.91. The molecular weight excluding hydrogens is 296 g/mol. The fraction of sp³-hybridized carbons (Fsp3) is 0.529.